The van der Waals surface area contributed by atoms with Crippen LogP contribution in [0, 0.1) is 12.8 Å². The molecule has 0 radical (unpaired) electrons. The van der Waals surface area contributed by atoms with Crippen LogP contribution in [0.15, 0.2) is 0 Å². The summed E-state index contributed by atoms with van der Waals surface area (Å²) in [7, 11) is 3.20. The van der Waals surface area contributed by atoms with Gasteiger partial charge in [0.15, 0.2) is 0 Å². The van der Waals surface area contributed by atoms with E-state index in [-0.39, 0.29) is 12.5 Å². The summed E-state index contributed by atoms with van der Waals surface area (Å²) in [4.78, 5) is 25.2. The average molecular weight is 281 g/mol. The van der Waals surface area contributed by atoms with Gasteiger partial charge in [-0.05, 0) is 19.8 Å². The highest BCUT2D eigenvalue weighted by molar-refractivity contribution is 5.98. The molecule has 1 atom stereocenters. The largest absolute Gasteiger partial charge is 0.481 e. The predicted molar refractivity (Wildman–Crippen MR) is 70.8 cm³/mol. The molecule has 1 saturated heterocycles. The third-order valence-electron chi connectivity index (χ3n) is 3.63. The summed E-state index contributed by atoms with van der Waals surface area (Å²) >= 11 is 0. The van der Waals surface area contributed by atoms with Gasteiger partial charge < -0.3 is 14.7 Å². The molecule has 0 spiro atoms. The van der Waals surface area contributed by atoms with Crippen molar-refractivity contribution >= 4 is 11.9 Å². The first-order valence-electron chi connectivity index (χ1n) is 6.55. The van der Waals surface area contributed by atoms with Crippen LogP contribution in [0.4, 0.5) is 0 Å². The lowest BCUT2D eigenvalue weighted by Gasteiger charge is -2.30. The Morgan fingerprint density at radius 1 is 1.45 bits per heavy atom. The van der Waals surface area contributed by atoms with E-state index in [4.69, 9.17) is 9.84 Å². The minimum atomic E-state index is -0.850. The summed E-state index contributed by atoms with van der Waals surface area (Å²) in [5, 5.41) is 13.3. The quantitative estimate of drug-likeness (QED) is 0.880. The molecule has 1 aromatic rings. The minimum Gasteiger partial charge on any atom is -0.481 e. The van der Waals surface area contributed by atoms with Crippen molar-refractivity contribution in [2.24, 2.45) is 13.0 Å². The topological polar surface area (TPSA) is 84.7 Å². The standard InChI is InChI=1S/C13H19N3O4/c1-8-10(12(20-3)15(2)14-8)11(17)16-6-4-5-9(7-16)13(18)19/h9H,4-7H2,1-3H3,(H,18,19)/t9-/m1/s1. The van der Waals surface area contributed by atoms with Crippen molar-refractivity contribution in [1.29, 1.82) is 0 Å². The van der Waals surface area contributed by atoms with Gasteiger partial charge in [-0.25, -0.2) is 4.68 Å². The molecule has 110 valence electrons. The van der Waals surface area contributed by atoms with E-state index in [2.05, 4.69) is 5.10 Å². The fourth-order valence-electron chi connectivity index (χ4n) is 2.64. The van der Waals surface area contributed by atoms with Crippen molar-refractivity contribution in [2.45, 2.75) is 19.8 Å². The van der Waals surface area contributed by atoms with Crippen molar-refractivity contribution < 1.29 is 19.4 Å². The molecule has 1 aliphatic heterocycles. The molecule has 2 heterocycles. The maximum Gasteiger partial charge on any atom is 0.308 e. The molecule has 0 aromatic carbocycles. The first kappa shape index (κ1) is 14.4. The van der Waals surface area contributed by atoms with E-state index < -0.39 is 11.9 Å². The number of nitrogens with zero attached hydrogens (tertiary/aromatic N) is 3. The van der Waals surface area contributed by atoms with E-state index in [1.54, 1.807) is 18.9 Å². The van der Waals surface area contributed by atoms with Gasteiger partial charge in [-0.3, -0.25) is 9.59 Å². The second kappa shape index (κ2) is 5.52. The van der Waals surface area contributed by atoms with Crippen LogP contribution in [-0.4, -0.2) is 51.9 Å². The molecule has 1 aliphatic rings. The van der Waals surface area contributed by atoms with Crippen LogP contribution in [0.1, 0.15) is 28.9 Å². The Kier molecular flexibility index (Phi) is 3.96. The summed E-state index contributed by atoms with van der Waals surface area (Å²) in [6.07, 6.45) is 1.31. The number of piperidine rings is 1. The number of rotatable bonds is 3. The highest BCUT2D eigenvalue weighted by Crippen LogP contribution is 2.25. The van der Waals surface area contributed by atoms with Crippen molar-refractivity contribution in [3.63, 3.8) is 0 Å². The molecule has 20 heavy (non-hydrogen) atoms. The molecule has 2 rings (SSSR count). The van der Waals surface area contributed by atoms with Crippen LogP contribution in [-0.2, 0) is 11.8 Å². The van der Waals surface area contributed by atoms with Crippen LogP contribution in [0.5, 0.6) is 5.88 Å². The smallest absolute Gasteiger partial charge is 0.308 e. The molecule has 7 heteroatoms. The summed E-state index contributed by atoms with van der Waals surface area (Å²) < 4.78 is 6.73. The highest BCUT2D eigenvalue weighted by Gasteiger charge is 2.32. The number of methoxy groups -OCH3 is 1. The monoisotopic (exact) mass is 281 g/mol. The second-order valence-electron chi connectivity index (χ2n) is 5.02. The Morgan fingerprint density at radius 2 is 2.15 bits per heavy atom. The first-order valence-corrected chi connectivity index (χ1v) is 6.55. The van der Waals surface area contributed by atoms with Gasteiger partial charge in [-0.2, -0.15) is 5.10 Å². The van der Waals surface area contributed by atoms with Crippen molar-refractivity contribution in [1.82, 2.24) is 14.7 Å². The number of carbonyl (C=O) groups excluding carboxylic acids is 1. The van der Waals surface area contributed by atoms with E-state index in [1.807, 2.05) is 0 Å². The Morgan fingerprint density at radius 3 is 2.75 bits per heavy atom. The van der Waals surface area contributed by atoms with Gasteiger partial charge in [0, 0.05) is 20.1 Å². The average Bonchev–Trinajstić information content (AvgIpc) is 2.71. The van der Waals surface area contributed by atoms with Gasteiger partial charge in [0.05, 0.1) is 18.7 Å². The number of carboxylic acid groups (broad SMARTS) is 1. The number of carboxylic acids is 1. The van der Waals surface area contributed by atoms with Gasteiger partial charge in [0.2, 0.25) is 5.88 Å². The van der Waals surface area contributed by atoms with E-state index >= 15 is 0 Å². The van der Waals surface area contributed by atoms with E-state index in [1.165, 1.54) is 11.8 Å². The molecular weight excluding hydrogens is 262 g/mol. The molecule has 0 unspecified atom stereocenters. The molecule has 7 nitrogen and oxygen atoms in total. The van der Waals surface area contributed by atoms with E-state index in [0.717, 1.165) is 0 Å². The zero-order valence-electron chi connectivity index (χ0n) is 11.9. The maximum absolute atomic E-state index is 12.6. The lowest BCUT2D eigenvalue weighted by Crippen LogP contribution is -2.42. The van der Waals surface area contributed by atoms with Crippen LogP contribution < -0.4 is 4.74 Å². The number of aromatic nitrogens is 2. The van der Waals surface area contributed by atoms with Gasteiger partial charge in [-0.1, -0.05) is 0 Å². The molecule has 0 bridgehead atoms. The Balaban J connectivity index is 2.25. The fraction of sp³-hybridized carbons (Fsp3) is 0.615. The molecule has 1 amide bonds. The zero-order chi connectivity index (χ0) is 14.9. The van der Waals surface area contributed by atoms with E-state index in [9.17, 15) is 9.59 Å². The Hall–Kier alpha value is -2.05. The second-order valence-corrected chi connectivity index (χ2v) is 5.02. The van der Waals surface area contributed by atoms with Crippen LogP contribution in [0.25, 0.3) is 0 Å². The van der Waals surface area contributed by atoms with Gasteiger partial charge in [0.1, 0.15) is 5.56 Å². The highest BCUT2D eigenvalue weighted by atomic mass is 16.5. The van der Waals surface area contributed by atoms with Gasteiger partial charge >= 0.3 is 5.97 Å². The van der Waals surface area contributed by atoms with Crippen LogP contribution in [0.3, 0.4) is 0 Å². The molecule has 0 saturated carbocycles. The summed E-state index contributed by atoms with van der Waals surface area (Å²) in [5.41, 5.74) is 1.01. The Bertz CT molecular complexity index is 538. The maximum atomic E-state index is 12.6. The van der Waals surface area contributed by atoms with Crippen molar-refractivity contribution in [3.05, 3.63) is 11.3 Å². The lowest BCUT2D eigenvalue weighted by atomic mass is 9.97. The van der Waals surface area contributed by atoms with Crippen molar-refractivity contribution in [3.8, 4) is 5.88 Å². The Labute approximate surface area is 117 Å². The number of aliphatic carboxylic acids is 1. The summed E-state index contributed by atoms with van der Waals surface area (Å²) in [5.74, 6) is -1.14. The normalized spacial score (nSPS) is 18.9. The third-order valence-corrected chi connectivity index (χ3v) is 3.63. The first-order chi connectivity index (χ1) is 9.45. The fourth-order valence-corrected chi connectivity index (χ4v) is 2.64. The molecule has 0 aliphatic carbocycles. The third kappa shape index (κ3) is 2.48. The predicted octanol–water partition coefficient (Wildman–Crippen LogP) is 0.674. The lowest BCUT2D eigenvalue weighted by molar-refractivity contribution is -0.143. The molecule has 1 N–H and O–H groups in total. The van der Waals surface area contributed by atoms with E-state index in [0.29, 0.717) is 36.5 Å². The molecule has 1 fully saturated rings. The SMILES string of the molecule is COc1c(C(=O)N2CCC[C@@H](C(=O)O)C2)c(C)nn1C. The number of carbonyl (C=O) groups is 2. The van der Waals surface area contributed by atoms with Gasteiger partial charge in [-0.15, -0.1) is 0 Å². The number of likely N-dealkylation sites (tertiary alicyclic amines) is 1. The number of hydrogen-bond acceptors (Lipinski definition) is 4. The number of amides is 1. The zero-order valence-corrected chi connectivity index (χ0v) is 11.9. The van der Waals surface area contributed by atoms with Crippen LogP contribution >= 0.6 is 0 Å². The van der Waals surface area contributed by atoms with Crippen LogP contribution in [0.2, 0.25) is 0 Å². The summed E-state index contributed by atoms with van der Waals surface area (Å²) in [6, 6.07) is 0. The number of hydrogen-bond donors (Lipinski definition) is 1. The molecule has 1 aromatic heterocycles. The summed E-state index contributed by atoms with van der Waals surface area (Å²) in [6.45, 7) is 2.56. The minimum absolute atomic E-state index is 0.210. The molecular formula is C13H19N3O4. The van der Waals surface area contributed by atoms with Gasteiger partial charge in [0.25, 0.3) is 5.91 Å². The number of ether oxygens (including phenoxy) is 1. The number of aryl methyl sites for hydroxylation is 2. The van der Waals surface area contributed by atoms with Crippen molar-refractivity contribution in [2.75, 3.05) is 20.2 Å².